The predicted molar refractivity (Wildman–Crippen MR) is 148 cm³/mol. The SMILES string of the molecule is CCCCCCCCCCCCCCCCCCOC(=O)c1cc(-n2cccn2)nc(-n2cccn2)c1. The van der Waals surface area contributed by atoms with Gasteiger partial charge in [0.15, 0.2) is 11.6 Å². The predicted octanol–water partition coefficient (Wildman–Crippen LogP) is 7.87. The topological polar surface area (TPSA) is 74.8 Å². The molecule has 0 aliphatic rings. The Kier molecular flexibility index (Phi) is 13.5. The van der Waals surface area contributed by atoms with E-state index in [0.29, 0.717) is 23.8 Å². The molecule has 0 N–H and O–H groups in total. The van der Waals surface area contributed by atoms with E-state index in [1.807, 2.05) is 12.1 Å². The van der Waals surface area contributed by atoms with Crippen LogP contribution in [-0.4, -0.2) is 37.1 Å². The third kappa shape index (κ3) is 10.9. The van der Waals surface area contributed by atoms with Crippen molar-refractivity contribution < 1.29 is 9.53 Å². The van der Waals surface area contributed by atoms with Gasteiger partial charge in [0, 0.05) is 24.8 Å². The molecule has 3 heterocycles. The van der Waals surface area contributed by atoms with Gasteiger partial charge in [-0.25, -0.2) is 19.1 Å². The fourth-order valence-electron chi connectivity index (χ4n) is 4.56. The maximum Gasteiger partial charge on any atom is 0.338 e. The van der Waals surface area contributed by atoms with Crippen LogP contribution in [0.4, 0.5) is 0 Å². The minimum absolute atomic E-state index is 0.342. The molecule has 0 aliphatic carbocycles. The number of rotatable bonds is 20. The van der Waals surface area contributed by atoms with Crippen molar-refractivity contribution >= 4 is 5.97 Å². The number of unbranched alkanes of at least 4 members (excludes halogenated alkanes) is 15. The number of hydrogen-bond donors (Lipinski definition) is 0. The molecular formula is C30H45N5O2. The molecule has 0 saturated heterocycles. The first-order chi connectivity index (χ1) is 18.3. The van der Waals surface area contributed by atoms with Crippen molar-refractivity contribution in [3.8, 4) is 11.6 Å². The van der Waals surface area contributed by atoms with Crippen LogP contribution in [0.25, 0.3) is 11.6 Å². The number of ether oxygens (including phenoxy) is 1. The first kappa shape index (κ1) is 28.6. The highest BCUT2D eigenvalue weighted by molar-refractivity contribution is 5.90. The van der Waals surface area contributed by atoms with E-state index in [-0.39, 0.29) is 5.97 Å². The lowest BCUT2D eigenvalue weighted by Crippen LogP contribution is -2.11. The summed E-state index contributed by atoms with van der Waals surface area (Å²) in [6.07, 6.45) is 28.1. The molecular weight excluding hydrogens is 462 g/mol. The van der Waals surface area contributed by atoms with Gasteiger partial charge in [-0.1, -0.05) is 103 Å². The highest BCUT2D eigenvalue weighted by atomic mass is 16.5. The number of nitrogens with zero attached hydrogens (tertiary/aromatic N) is 5. The van der Waals surface area contributed by atoms with Crippen LogP contribution in [0.1, 0.15) is 120 Å². The van der Waals surface area contributed by atoms with Crippen molar-refractivity contribution in [2.24, 2.45) is 0 Å². The number of pyridine rings is 1. The fraction of sp³-hybridized carbons (Fsp3) is 0.600. The maximum atomic E-state index is 12.7. The average Bonchev–Trinajstić information content (AvgIpc) is 3.65. The quantitative estimate of drug-likeness (QED) is 0.115. The van der Waals surface area contributed by atoms with Gasteiger partial charge in [0.25, 0.3) is 0 Å². The second kappa shape index (κ2) is 17.5. The van der Waals surface area contributed by atoms with E-state index < -0.39 is 0 Å². The largest absolute Gasteiger partial charge is 0.462 e. The Balaban J connectivity index is 1.25. The van der Waals surface area contributed by atoms with Gasteiger partial charge in [-0.3, -0.25) is 0 Å². The van der Waals surface area contributed by atoms with Crippen molar-refractivity contribution in [1.82, 2.24) is 24.5 Å². The lowest BCUT2D eigenvalue weighted by Gasteiger charge is -2.09. The average molecular weight is 508 g/mol. The zero-order valence-corrected chi connectivity index (χ0v) is 22.7. The van der Waals surface area contributed by atoms with Crippen LogP contribution >= 0.6 is 0 Å². The number of hydrogen-bond acceptors (Lipinski definition) is 5. The molecule has 0 aromatic carbocycles. The number of esters is 1. The normalized spacial score (nSPS) is 11.2. The van der Waals surface area contributed by atoms with E-state index in [4.69, 9.17) is 4.74 Å². The highest BCUT2D eigenvalue weighted by Gasteiger charge is 2.14. The van der Waals surface area contributed by atoms with Gasteiger partial charge in [-0.05, 0) is 30.7 Å². The second-order valence-electron chi connectivity index (χ2n) is 9.91. The third-order valence-corrected chi connectivity index (χ3v) is 6.74. The van der Waals surface area contributed by atoms with E-state index in [2.05, 4.69) is 22.1 Å². The van der Waals surface area contributed by atoms with Crippen molar-refractivity contribution in [3.05, 3.63) is 54.6 Å². The van der Waals surface area contributed by atoms with Gasteiger partial charge in [-0.2, -0.15) is 10.2 Å². The third-order valence-electron chi connectivity index (χ3n) is 6.74. The molecule has 0 saturated carbocycles. The van der Waals surface area contributed by atoms with Gasteiger partial charge in [0.1, 0.15) is 0 Å². The lowest BCUT2D eigenvalue weighted by atomic mass is 10.0. The standard InChI is InChI=1S/C30H45N5O2/c1-2-3-4-5-6-7-8-9-10-11-12-13-14-15-16-17-24-37-30(36)27-25-28(34-22-18-20-31-34)33-29(26-27)35-23-19-21-32-35/h18-23,25-26H,2-17,24H2,1H3. The van der Waals surface area contributed by atoms with E-state index in [1.165, 1.54) is 89.9 Å². The monoisotopic (exact) mass is 507 g/mol. The van der Waals surface area contributed by atoms with Crippen LogP contribution in [0, 0.1) is 0 Å². The molecule has 7 heteroatoms. The summed E-state index contributed by atoms with van der Waals surface area (Å²) in [5, 5.41) is 8.46. The summed E-state index contributed by atoms with van der Waals surface area (Å²) in [7, 11) is 0. The van der Waals surface area contributed by atoms with Crippen molar-refractivity contribution in [2.45, 2.75) is 110 Å². The van der Waals surface area contributed by atoms with E-state index in [1.54, 1.807) is 46.3 Å². The van der Waals surface area contributed by atoms with E-state index >= 15 is 0 Å². The van der Waals surface area contributed by atoms with Crippen LogP contribution in [0.2, 0.25) is 0 Å². The van der Waals surface area contributed by atoms with Gasteiger partial charge in [-0.15, -0.1) is 0 Å². The Morgan fingerprint density at radius 3 is 1.51 bits per heavy atom. The second-order valence-corrected chi connectivity index (χ2v) is 9.91. The lowest BCUT2D eigenvalue weighted by molar-refractivity contribution is 0.0497. The Hall–Kier alpha value is -2.96. The van der Waals surface area contributed by atoms with Crippen LogP contribution in [0.5, 0.6) is 0 Å². The number of carbonyl (C=O) groups excluding carboxylic acids is 1. The Morgan fingerprint density at radius 1 is 0.676 bits per heavy atom. The summed E-state index contributed by atoms with van der Waals surface area (Å²) in [5.74, 6) is 0.755. The molecule has 3 aromatic rings. The van der Waals surface area contributed by atoms with E-state index in [9.17, 15) is 4.79 Å². The van der Waals surface area contributed by atoms with Gasteiger partial charge in [0.2, 0.25) is 0 Å². The molecule has 3 rings (SSSR count). The number of carbonyl (C=O) groups is 1. The molecule has 37 heavy (non-hydrogen) atoms. The van der Waals surface area contributed by atoms with E-state index in [0.717, 1.165) is 12.8 Å². The molecule has 0 aliphatic heterocycles. The molecule has 0 bridgehead atoms. The van der Waals surface area contributed by atoms with Crippen molar-refractivity contribution in [3.63, 3.8) is 0 Å². The van der Waals surface area contributed by atoms with Crippen LogP contribution < -0.4 is 0 Å². The number of aromatic nitrogens is 5. The van der Waals surface area contributed by atoms with Crippen molar-refractivity contribution in [2.75, 3.05) is 6.61 Å². The molecule has 3 aromatic heterocycles. The van der Waals surface area contributed by atoms with Gasteiger partial charge in [0.05, 0.1) is 12.2 Å². The smallest absolute Gasteiger partial charge is 0.338 e. The fourth-order valence-corrected chi connectivity index (χ4v) is 4.56. The maximum absolute atomic E-state index is 12.7. The Morgan fingerprint density at radius 2 is 1.11 bits per heavy atom. The first-order valence-electron chi connectivity index (χ1n) is 14.5. The van der Waals surface area contributed by atoms with Crippen LogP contribution in [0.3, 0.4) is 0 Å². The molecule has 0 unspecified atom stereocenters. The Bertz CT molecular complexity index is 933. The molecule has 0 fully saturated rings. The molecule has 0 radical (unpaired) electrons. The Labute approximate surface area is 222 Å². The van der Waals surface area contributed by atoms with Gasteiger partial charge < -0.3 is 4.74 Å². The summed E-state index contributed by atoms with van der Waals surface area (Å²) in [6.45, 7) is 2.72. The van der Waals surface area contributed by atoms with Crippen LogP contribution in [-0.2, 0) is 4.74 Å². The molecule has 202 valence electrons. The molecule has 7 nitrogen and oxygen atoms in total. The molecule has 0 amide bonds. The summed E-state index contributed by atoms with van der Waals surface area (Å²) < 4.78 is 8.81. The molecule has 0 spiro atoms. The zero-order valence-electron chi connectivity index (χ0n) is 22.7. The van der Waals surface area contributed by atoms with Crippen molar-refractivity contribution in [1.29, 1.82) is 0 Å². The summed E-state index contributed by atoms with van der Waals surface area (Å²) >= 11 is 0. The highest BCUT2D eigenvalue weighted by Crippen LogP contribution is 2.16. The first-order valence-corrected chi connectivity index (χ1v) is 14.5. The van der Waals surface area contributed by atoms with Crippen LogP contribution in [0.15, 0.2) is 49.1 Å². The minimum atomic E-state index is -0.342. The van der Waals surface area contributed by atoms with Gasteiger partial charge >= 0.3 is 5.97 Å². The summed E-state index contributed by atoms with van der Waals surface area (Å²) in [4.78, 5) is 17.3. The summed E-state index contributed by atoms with van der Waals surface area (Å²) in [6, 6.07) is 7.04. The minimum Gasteiger partial charge on any atom is -0.462 e. The molecule has 0 atom stereocenters. The summed E-state index contributed by atoms with van der Waals surface area (Å²) in [5.41, 5.74) is 0.447. The zero-order chi connectivity index (χ0) is 26.0.